The molecule has 0 unspecified atom stereocenters. The minimum Gasteiger partial charge on any atom is -0.366 e. The van der Waals surface area contributed by atoms with E-state index >= 15 is 0 Å². The molecule has 32 heavy (non-hydrogen) atoms. The summed E-state index contributed by atoms with van der Waals surface area (Å²) in [4.78, 5) is 11.6. The van der Waals surface area contributed by atoms with Crippen LogP contribution in [0.25, 0.3) is 5.65 Å². The van der Waals surface area contributed by atoms with Crippen LogP contribution >= 0.6 is 0 Å². The molecule has 158 valence electrons. The summed E-state index contributed by atoms with van der Waals surface area (Å²) in [5, 5.41) is 7.92. The van der Waals surface area contributed by atoms with Crippen LogP contribution in [0.3, 0.4) is 0 Å². The van der Waals surface area contributed by atoms with Gasteiger partial charge in [-0.1, -0.05) is 23.8 Å². The quantitative estimate of drug-likeness (QED) is 0.622. The van der Waals surface area contributed by atoms with Gasteiger partial charge in [0.05, 0.1) is 0 Å². The number of likely N-dealkylation sites (tertiary alicyclic amines) is 1. The fourth-order valence-electron chi connectivity index (χ4n) is 4.53. The molecule has 0 aromatic carbocycles. The topological polar surface area (TPSA) is 58.4 Å². The second-order valence-corrected chi connectivity index (χ2v) is 8.73. The van der Waals surface area contributed by atoms with Crippen LogP contribution < -0.4 is 10.8 Å². The number of hydrogen-bond donors (Lipinski definition) is 1. The normalized spacial score (nSPS) is 17.9. The van der Waals surface area contributed by atoms with Gasteiger partial charge in [-0.3, -0.25) is 9.88 Å². The number of fused-ring (bicyclic) bond motifs is 1. The standard InChI is InChI=1S/C24H26B2N6/c25-20-5-3-17(4-6-20)16-31-10-7-19(8-11-31)22-12-23(28-14-18-2-1-9-27-13-18)32-24(30-22)21(26)15-29-32/h1-3,5,9,12-13,15,19,28H,4,6-8,10-11,14,16H2. The van der Waals surface area contributed by atoms with E-state index in [0.29, 0.717) is 17.9 Å². The first-order valence-electron chi connectivity index (χ1n) is 11.3. The predicted octanol–water partition coefficient (Wildman–Crippen LogP) is 2.48. The minimum atomic E-state index is 0.417. The molecule has 6 nitrogen and oxygen atoms in total. The lowest BCUT2D eigenvalue weighted by atomic mass is 9.85. The van der Waals surface area contributed by atoms with Gasteiger partial charge in [-0.15, -0.1) is 5.47 Å². The first kappa shape index (κ1) is 21.0. The van der Waals surface area contributed by atoms with Gasteiger partial charge in [0.2, 0.25) is 0 Å². The second-order valence-electron chi connectivity index (χ2n) is 8.73. The van der Waals surface area contributed by atoms with Gasteiger partial charge in [0.25, 0.3) is 0 Å². The van der Waals surface area contributed by atoms with Gasteiger partial charge in [0.1, 0.15) is 27.2 Å². The lowest BCUT2D eigenvalue weighted by Gasteiger charge is -2.33. The third-order valence-corrected chi connectivity index (χ3v) is 6.42. The Morgan fingerprint density at radius 2 is 1.97 bits per heavy atom. The number of piperidine rings is 1. The molecule has 1 aliphatic carbocycles. The highest BCUT2D eigenvalue weighted by Crippen LogP contribution is 2.30. The zero-order chi connectivity index (χ0) is 21.9. The van der Waals surface area contributed by atoms with Crippen LogP contribution in [-0.2, 0) is 6.54 Å². The van der Waals surface area contributed by atoms with Crippen molar-refractivity contribution in [3.05, 3.63) is 71.2 Å². The molecule has 0 spiro atoms. The van der Waals surface area contributed by atoms with Crippen molar-refractivity contribution in [1.29, 1.82) is 0 Å². The molecule has 5 rings (SSSR count). The van der Waals surface area contributed by atoms with Crippen molar-refractivity contribution in [1.82, 2.24) is 24.5 Å². The fraction of sp³-hybridized carbons (Fsp3) is 0.375. The van der Waals surface area contributed by atoms with Crippen molar-refractivity contribution in [2.75, 3.05) is 25.0 Å². The molecule has 1 N–H and O–H groups in total. The maximum Gasteiger partial charge on any atom is 0.150 e. The van der Waals surface area contributed by atoms with E-state index in [9.17, 15) is 0 Å². The summed E-state index contributed by atoms with van der Waals surface area (Å²) >= 11 is 0. The Morgan fingerprint density at radius 3 is 2.72 bits per heavy atom. The Hall–Kier alpha value is -2.86. The third-order valence-electron chi connectivity index (χ3n) is 6.42. The molecule has 3 aromatic rings. The molecule has 1 saturated heterocycles. The molecule has 4 heterocycles. The molecule has 0 amide bonds. The van der Waals surface area contributed by atoms with Crippen molar-refractivity contribution in [3.8, 4) is 0 Å². The molecule has 3 aromatic heterocycles. The van der Waals surface area contributed by atoms with Gasteiger partial charge in [0, 0.05) is 49.4 Å². The van der Waals surface area contributed by atoms with Gasteiger partial charge >= 0.3 is 0 Å². The summed E-state index contributed by atoms with van der Waals surface area (Å²) in [6, 6.07) is 6.13. The number of nitrogens with zero attached hydrogens (tertiary/aromatic N) is 5. The highest BCUT2D eigenvalue weighted by Gasteiger charge is 2.24. The Kier molecular flexibility index (Phi) is 6.12. The van der Waals surface area contributed by atoms with E-state index in [4.69, 9.17) is 20.7 Å². The van der Waals surface area contributed by atoms with Crippen molar-refractivity contribution in [2.45, 2.75) is 38.1 Å². The van der Waals surface area contributed by atoms with E-state index in [1.807, 2.05) is 12.3 Å². The largest absolute Gasteiger partial charge is 0.366 e. The number of hydrogen-bond acceptors (Lipinski definition) is 5. The molecule has 2 aliphatic rings. The fourth-order valence-corrected chi connectivity index (χ4v) is 4.53. The van der Waals surface area contributed by atoms with Crippen LogP contribution in [-0.4, -0.2) is 59.8 Å². The number of nitrogens with one attached hydrogen (secondary N) is 1. The number of pyridine rings is 1. The summed E-state index contributed by atoms with van der Waals surface area (Å²) < 4.78 is 1.79. The van der Waals surface area contributed by atoms with Crippen LogP contribution in [0, 0.1) is 0 Å². The van der Waals surface area contributed by atoms with Gasteiger partial charge in [0.15, 0.2) is 0 Å². The number of anilines is 1. The SMILES string of the molecule is [B]C1=CC=C(CN2CCC(c3cc(NCc4cccnc4)n4ncc([B])c4n3)CC2)CC1. The van der Waals surface area contributed by atoms with E-state index in [2.05, 4.69) is 44.6 Å². The third kappa shape index (κ3) is 4.65. The summed E-state index contributed by atoms with van der Waals surface area (Å²) in [5.41, 5.74) is 5.99. The van der Waals surface area contributed by atoms with Crippen LogP contribution in [0.4, 0.5) is 5.82 Å². The number of rotatable bonds is 6. The smallest absolute Gasteiger partial charge is 0.150 e. The van der Waals surface area contributed by atoms with Crippen LogP contribution in [0.5, 0.6) is 0 Å². The first-order chi connectivity index (χ1) is 15.7. The van der Waals surface area contributed by atoms with Gasteiger partial charge in [-0.05, 0) is 55.9 Å². The molecule has 0 atom stereocenters. The van der Waals surface area contributed by atoms with E-state index in [1.165, 1.54) is 5.57 Å². The molecular formula is C24H26B2N6. The Bertz CT molecular complexity index is 1150. The molecular weight excluding hydrogens is 394 g/mol. The molecule has 4 radical (unpaired) electrons. The van der Waals surface area contributed by atoms with E-state index < -0.39 is 0 Å². The Labute approximate surface area is 191 Å². The monoisotopic (exact) mass is 420 g/mol. The van der Waals surface area contributed by atoms with Crippen molar-refractivity contribution >= 4 is 32.6 Å². The summed E-state index contributed by atoms with van der Waals surface area (Å²) in [5.74, 6) is 1.32. The summed E-state index contributed by atoms with van der Waals surface area (Å²) in [6.45, 7) is 3.84. The Balaban J connectivity index is 1.29. The van der Waals surface area contributed by atoms with E-state index in [0.717, 1.165) is 73.5 Å². The average molecular weight is 420 g/mol. The maximum absolute atomic E-state index is 6.18. The van der Waals surface area contributed by atoms with E-state index in [1.54, 1.807) is 16.9 Å². The molecule has 0 saturated carbocycles. The van der Waals surface area contributed by atoms with Crippen LogP contribution in [0.15, 0.2) is 60.0 Å². The highest BCUT2D eigenvalue weighted by molar-refractivity contribution is 6.36. The lowest BCUT2D eigenvalue weighted by molar-refractivity contribution is 0.225. The zero-order valence-corrected chi connectivity index (χ0v) is 18.2. The van der Waals surface area contributed by atoms with E-state index in [-0.39, 0.29) is 0 Å². The van der Waals surface area contributed by atoms with Gasteiger partial charge in [-0.25, -0.2) is 4.98 Å². The van der Waals surface area contributed by atoms with Crippen LogP contribution in [0.1, 0.15) is 42.9 Å². The maximum atomic E-state index is 6.18. The van der Waals surface area contributed by atoms with Gasteiger partial charge < -0.3 is 5.32 Å². The highest BCUT2D eigenvalue weighted by atomic mass is 15.3. The minimum absolute atomic E-state index is 0.417. The molecule has 0 bridgehead atoms. The molecule has 8 heteroatoms. The number of allylic oxidation sites excluding steroid dienone is 3. The molecule has 1 fully saturated rings. The summed E-state index contributed by atoms with van der Waals surface area (Å²) in [7, 11) is 12.1. The predicted molar refractivity (Wildman–Crippen MR) is 130 cm³/mol. The molecule has 1 aliphatic heterocycles. The average Bonchev–Trinajstić information content (AvgIpc) is 3.21. The first-order valence-corrected chi connectivity index (χ1v) is 11.3. The Morgan fingerprint density at radius 1 is 1.09 bits per heavy atom. The van der Waals surface area contributed by atoms with Crippen molar-refractivity contribution < 1.29 is 0 Å². The van der Waals surface area contributed by atoms with Crippen LogP contribution in [0.2, 0.25) is 0 Å². The van der Waals surface area contributed by atoms with Gasteiger partial charge in [-0.2, -0.15) is 9.61 Å². The summed E-state index contributed by atoms with van der Waals surface area (Å²) in [6.07, 6.45) is 13.8. The van der Waals surface area contributed by atoms with Crippen molar-refractivity contribution in [2.24, 2.45) is 0 Å². The lowest BCUT2D eigenvalue weighted by Crippen LogP contribution is -2.35. The number of aromatic nitrogens is 4. The van der Waals surface area contributed by atoms with Crippen molar-refractivity contribution in [3.63, 3.8) is 0 Å². The zero-order valence-electron chi connectivity index (χ0n) is 18.2. The second kappa shape index (κ2) is 9.33.